The second-order valence-corrected chi connectivity index (χ2v) is 9.96. The molecule has 0 aliphatic rings. The number of hydrogen-bond donors (Lipinski definition) is 2. The molecule has 19 heteroatoms. The van der Waals surface area contributed by atoms with E-state index < -0.39 is 17.6 Å². The van der Waals surface area contributed by atoms with E-state index in [4.69, 9.17) is 31.4 Å². The van der Waals surface area contributed by atoms with E-state index >= 15 is 0 Å². The summed E-state index contributed by atoms with van der Waals surface area (Å²) in [4.78, 5) is 11.2. The molecule has 2 N–H and O–H groups in total. The van der Waals surface area contributed by atoms with Crippen molar-refractivity contribution in [3.63, 3.8) is 0 Å². The number of carbonyl (C=O) groups excluding carboxylic acids is 1. The number of benzene rings is 4. The van der Waals surface area contributed by atoms with Gasteiger partial charge in [0.2, 0.25) is 0 Å². The first-order valence-electron chi connectivity index (χ1n) is 15.2. The fourth-order valence-corrected chi connectivity index (χ4v) is 4.77. The van der Waals surface area contributed by atoms with Crippen LogP contribution in [0.4, 0.5) is 4.39 Å². The number of fused-ring (bicyclic) bond motifs is 2. The molecule has 0 amide bonds. The molecule has 0 fully saturated rings. The van der Waals surface area contributed by atoms with Gasteiger partial charge < -0.3 is 31.3 Å². The van der Waals surface area contributed by atoms with Gasteiger partial charge in [0.25, 0.3) is 6.47 Å². The minimum absolute atomic E-state index is 0. The summed E-state index contributed by atoms with van der Waals surface area (Å²) in [5, 5.41) is 66.7. The minimum Gasteiger partial charge on any atom is -1.00 e. The minimum atomic E-state index is -3.68. The SMILES string of the molecule is CCOS(=O)(=O)OCC.CCOc1c(C#N)c(C#N)c(OCC)c2ccccc12.N#Cc1c(C#N)c(O)c2ccccc2c1O.O=CO[O-].[2H]CF.[H-].[K+].[K+]. The molecular formula is C34H35FK2N4O11S. The maximum Gasteiger partial charge on any atom is 1.00 e. The van der Waals surface area contributed by atoms with Crippen molar-refractivity contribution >= 4 is 38.4 Å². The third-order valence-electron chi connectivity index (χ3n) is 5.87. The number of ether oxygens (including phenoxy) is 2. The van der Waals surface area contributed by atoms with Gasteiger partial charge in [-0.2, -0.15) is 29.5 Å². The van der Waals surface area contributed by atoms with Crippen molar-refractivity contribution in [2.24, 2.45) is 0 Å². The largest absolute Gasteiger partial charge is 1.00 e. The first-order chi connectivity index (χ1) is 24.9. The molecular weight excluding hydrogens is 770 g/mol. The topological polar surface area (TPSA) is 256 Å². The number of halogens is 1. The van der Waals surface area contributed by atoms with Crippen molar-refractivity contribution in [3.05, 3.63) is 70.8 Å². The van der Waals surface area contributed by atoms with Crippen LogP contribution in [0.25, 0.3) is 21.5 Å². The van der Waals surface area contributed by atoms with Crippen LogP contribution in [-0.2, 0) is 28.4 Å². The van der Waals surface area contributed by atoms with Crippen LogP contribution in [-0.4, -0.2) is 58.7 Å². The van der Waals surface area contributed by atoms with Crippen LogP contribution in [0.5, 0.6) is 23.0 Å². The van der Waals surface area contributed by atoms with Gasteiger partial charge in [-0.1, -0.05) is 48.5 Å². The molecule has 4 rings (SSSR count). The second-order valence-electron chi connectivity index (χ2n) is 8.67. The Hall–Kier alpha value is -2.94. The van der Waals surface area contributed by atoms with Gasteiger partial charge in [0.15, 0.2) is 0 Å². The molecule has 0 saturated heterocycles. The number of hydrogen-bond acceptors (Lipinski definition) is 15. The van der Waals surface area contributed by atoms with Crippen LogP contribution >= 0.6 is 0 Å². The molecule has 0 aliphatic carbocycles. The van der Waals surface area contributed by atoms with Gasteiger partial charge in [-0.05, 0) is 27.7 Å². The molecule has 0 heterocycles. The van der Waals surface area contributed by atoms with E-state index in [1.54, 1.807) is 50.3 Å². The molecule has 4 aromatic rings. The summed E-state index contributed by atoms with van der Waals surface area (Å²) in [5.41, 5.74) is 0.0744. The van der Waals surface area contributed by atoms with Gasteiger partial charge in [0, 0.05) is 21.5 Å². The van der Waals surface area contributed by atoms with Crippen molar-refractivity contribution in [2.45, 2.75) is 27.7 Å². The zero-order valence-corrected chi connectivity index (χ0v) is 36.9. The van der Waals surface area contributed by atoms with Gasteiger partial charge in [-0.3, -0.25) is 9.18 Å². The first kappa shape index (κ1) is 52.2. The molecule has 0 saturated carbocycles. The third kappa shape index (κ3) is 16.1. The van der Waals surface area contributed by atoms with E-state index in [1.165, 1.54) is 0 Å². The molecule has 0 unspecified atom stereocenters. The maximum absolute atomic E-state index is 10.4. The summed E-state index contributed by atoms with van der Waals surface area (Å²) < 4.78 is 55.9. The summed E-state index contributed by atoms with van der Waals surface area (Å²) >= 11 is 0. The van der Waals surface area contributed by atoms with Gasteiger partial charge in [-0.25, -0.2) is 8.37 Å². The molecule has 0 aliphatic heterocycles. The van der Waals surface area contributed by atoms with Crippen LogP contribution < -0.4 is 118 Å². The predicted molar refractivity (Wildman–Crippen MR) is 180 cm³/mol. The number of carbonyl (C=O) groups is 1. The van der Waals surface area contributed by atoms with E-state index in [2.05, 4.69) is 25.4 Å². The second kappa shape index (κ2) is 30.4. The van der Waals surface area contributed by atoms with Crippen LogP contribution in [0.2, 0.25) is 0 Å². The first-order valence-corrected chi connectivity index (χ1v) is 15.8. The summed E-state index contributed by atoms with van der Waals surface area (Å²) in [6, 6.07) is 21.5. The van der Waals surface area contributed by atoms with Crippen molar-refractivity contribution in [2.75, 3.05) is 33.6 Å². The standard InChI is InChI=1S/C16H14N2O2.C12H6N2O2.C4H10O4S.CH3F.CH2O3.2K.H/c1-3-19-15-11-7-5-6-8-12(11)16(20-4-2)14(10-18)13(15)9-17;13-5-9-10(6-14)12(16)8-4-2-1-3-7(8)11(9)15;1-3-7-9(5,6)8-4-2;1-2;2-1-4-3;;;/h5-8H,3-4H2,1-2H3;1-4,15-16H;3-4H2,1-2H3;1H3;1,3H;;;/q;;;;;2*+1;-1/p-1/i;;;1D;;;;. The Kier molecular flexibility index (Phi) is 29.9. The summed E-state index contributed by atoms with van der Waals surface area (Å²) in [6.45, 7) is 7.75. The number of nitrogens with zero attached hydrogens (tertiary/aromatic N) is 4. The molecule has 15 nitrogen and oxygen atoms in total. The van der Waals surface area contributed by atoms with Gasteiger partial charge in [0.1, 0.15) is 69.5 Å². The normalized spacial score (nSPS) is 9.36. The van der Waals surface area contributed by atoms with Crippen LogP contribution in [0.1, 0.15) is 52.7 Å². The van der Waals surface area contributed by atoms with Crippen LogP contribution in [0.3, 0.4) is 0 Å². The fraction of sp³-hybridized carbons (Fsp3) is 0.265. The molecule has 0 bridgehead atoms. The summed E-state index contributed by atoms with van der Waals surface area (Å²) in [7, 11) is -4.68. The molecule has 0 spiro atoms. The van der Waals surface area contributed by atoms with E-state index in [0.29, 0.717) is 35.5 Å². The quantitative estimate of drug-likeness (QED) is 0.0664. The van der Waals surface area contributed by atoms with Crippen molar-refractivity contribution in [3.8, 4) is 47.3 Å². The Morgan fingerprint density at radius 3 is 1.23 bits per heavy atom. The monoisotopic (exact) mass is 805 g/mol. The van der Waals surface area contributed by atoms with Crippen molar-refractivity contribution in [1.82, 2.24) is 0 Å². The average Bonchev–Trinajstić information content (AvgIpc) is 3.14. The molecule has 0 aromatic heterocycles. The number of nitriles is 4. The zero-order valence-electron chi connectivity index (χ0n) is 31.9. The van der Waals surface area contributed by atoms with E-state index in [0.717, 1.165) is 10.8 Å². The summed E-state index contributed by atoms with van der Waals surface area (Å²) in [5.74, 6) is 0.358. The van der Waals surface area contributed by atoms with E-state index in [9.17, 15) is 33.5 Å². The average molecular weight is 806 g/mol. The summed E-state index contributed by atoms with van der Waals surface area (Å²) in [6.07, 6.45) is 0. The van der Waals surface area contributed by atoms with E-state index in [-0.39, 0.29) is 158 Å². The van der Waals surface area contributed by atoms with Crippen LogP contribution in [0, 0.1) is 45.3 Å². The molecule has 4 aromatic carbocycles. The Balaban J connectivity index is -0.000000333. The molecule has 0 atom stereocenters. The number of alkyl halides is 1. The third-order valence-corrected chi connectivity index (χ3v) is 6.92. The Morgan fingerprint density at radius 2 is 1.00 bits per heavy atom. The smallest absolute Gasteiger partial charge is 1.00 e. The van der Waals surface area contributed by atoms with Gasteiger partial charge >= 0.3 is 113 Å². The molecule has 53 heavy (non-hydrogen) atoms. The zero-order chi connectivity index (χ0) is 39.7. The van der Waals surface area contributed by atoms with Crippen molar-refractivity contribution in [1.29, 1.82) is 21.0 Å². The predicted octanol–water partition coefficient (Wildman–Crippen LogP) is -1.18. The van der Waals surface area contributed by atoms with Crippen molar-refractivity contribution < 1.29 is 161 Å². The van der Waals surface area contributed by atoms with Gasteiger partial charge in [0.05, 0.1) is 35.0 Å². The Bertz CT molecular complexity index is 1940. The molecule has 0 radical (unpaired) electrons. The van der Waals surface area contributed by atoms with Crippen LogP contribution in [0.15, 0.2) is 48.5 Å². The number of aromatic hydroxyl groups is 2. The maximum atomic E-state index is 10.4. The van der Waals surface area contributed by atoms with Gasteiger partial charge in [-0.15, -0.1) is 0 Å². The van der Waals surface area contributed by atoms with E-state index in [1.807, 2.05) is 38.1 Å². The molecule has 272 valence electrons. The Morgan fingerprint density at radius 1 is 0.717 bits per heavy atom. The number of rotatable bonds is 9. The Labute approximate surface area is 395 Å². The fourth-order valence-electron chi connectivity index (χ4n) is 4.12. The number of phenols is 2. The number of phenolic OH excluding ortho intramolecular Hbond substituents is 2.